The number of halogens is 2. The van der Waals surface area contributed by atoms with Gasteiger partial charge in [0.25, 0.3) is 0 Å². The van der Waals surface area contributed by atoms with Gasteiger partial charge in [0.2, 0.25) is 0 Å². The third-order valence-electron chi connectivity index (χ3n) is 3.37. The summed E-state index contributed by atoms with van der Waals surface area (Å²) in [6, 6.07) is 5.26. The zero-order valence-corrected chi connectivity index (χ0v) is 12.4. The van der Waals surface area contributed by atoms with Crippen LogP contribution in [0.2, 0.25) is 10.0 Å². The third kappa shape index (κ3) is 3.69. The van der Waals surface area contributed by atoms with Gasteiger partial charge >= 0.3 is 0 Å². The maximum Gasteiger partial charge on any atom is 0.167 e. The minimum atomic E-state index is -0.374. The second kappa shape index (κ2) is 6.71. The van der Waals surface area contributed by atoms with E-state index >= 15 is 0 Å². The van der Waals surface area contributed by atoms with Crippen LogP contribution in [0.4, 0.5) is 0 Å². The van der Waals surface area contributed by atoms with E-state index in [1.165, 1.54) is 0 Å². The Balaban J connectivity index is 2.04. The fourth-order valence-corrected chi connectivity index (χ4v) is 2.70. The molecule has 2 rings (SSSR count). The van der Waals surface area contributed by atoms with Gasteiger partial charge in [0, 0.05) is 29.6 Å². The first-order valence-corrected chi connectivity index (χ1v) is 7.17. The molecule has 1 fully saturated rings. The smallest absolute Gasteiger partial charge is 0.167 e. The number of morpholine rings is 1. The Kier molecular flexibility index (Phi) is 5.22. The number of nitrogens with zero attached hydrogens (tertiary/aromatic N) is 1. The first-order chi connectivity index (χ1) is 9.11. The molecule has 1 aliphatic heterocycles. The number of ketones is 1. The van der Waals surface area contributed by atoms with Gasteiger partial charge in [-0.1, -0.05) is 36.2 Å². The standard InChI is InChI=1S/C14H17Cl2NO2/c1-2-17-6-7-19-14(9-17)13(18)8-10-11(15)4-3-5-12(10)16/h3-5,14H,2,6-9H2,1H3. The summed E-state index contributed by atoms with van der Waals surface area (Å²) in [6.07, 6.45) is -0.151. The molecule has 1 aromatic rings. The Labute approximate surface area is 123 Å². The molecule has 1 unspecified atom stereocenters. The van der Waals surface area contributed by atoms with E-state index in [4.69, 9.17) is 27.9 Å². The maximum absolute atomic E-state index is 12.3. The van der Waals surface area contributed by atoms with Gasteiger partial charge in [-0.05, 0) is 24.2 Å². The van der Waals surface area contributed by atoms with Gasteiger partial charge < -0.3 is 4.74 Å². The summed E-state index contributed by atoms with van der Waals surface area (Å²) in [7, 11) is 0. The average Bonchev–Trinajstić information content (AvgIpc) is 2.43. The van der Waals surface area contributed by atoms with Crippen molar-refractivity contribution in [3.05, 3.63) is 33.8 Å². The van der Waals surface area contributed by atoms with Crippen molar-refractivity contribution in [2.45, 2.75) is 19.4 Å². The van der Waals surface area contributed by atoms with E-state index < -0.39 is 0 Å². The average molecular weight is 302 g/mol. The van der Waals surface area contributed by atoms with E-state index in [1.54, 1.807) is 18.2 Å². The number of hydrogen-bond acceptors (Lipinski definition) is 3. The molecule has 1 atom stereocenters. The summed E-state index contributed by atoms with van der Waals surface area (Å²) in [5.74, 6) is 0.0353. The molecule has 1 aliphatic rings. The first-order valence-electron chi connectivity index (χ1n) is 6.41. The fourth-order valence-electron chi connectivity index (χ4n) is 2.17. The Bertz CT molecular complexity index is 445. The summed E-state index contributed by atoms with van der Waals surface area (Å²) in [5, 5.41) is 1.06. The van der Waals surface area contributed by atoms with E-state index in [0.29, 0.717) is 28.8 Å². The normalized spacial score (nSPS) is 20.5. The number of hydrogen-bond donors (Lipinski definition) is 0. The number of carbonyl (C=O) groups excluding carboxylic acids is 1. The highest BCUT2D eigenvalue weighted by molar-refractivity contribution is 6.36. The van der Waals surface area contributed by atoms with Gasteiger partial charge in [0.1, 0.15) is 6.10 Å². The predicted octanol–water partition coefficient (Wildman–Crippen LogP) is 2.83. The lowest BCUT2D eigenvalue weighted by molar-refractivity contribution is -0.135. The Morgan fingerprint density at radius 3 is 2.74 bits per heavy atom. The molecular weight excluding hydrogens is 285 g/mol. The highest BCUT2D eigenvalue weighted by Gasteiger charge is 2.26. The van der Waals surface area contributed by atoms with Gasteiger partial charge in [-0.25, -0.2) is 0 Å². The Morgan fingerprint density at radius 2 is 2.11 bits per heavy atom. The van der Waals surface area contributed by atoms with Crippen LogP contribution < -0.4 is 0 Å². The summed E-state index contributed by atoms with van der Waals surface area (Å²) >= 11 is 12.2. The SMILES string of the molecule is CCN1CCOC(C(=O)Cc2c(Cl)cccc2Cl)C1. The Hall–Kier alpha value is -0.610. The summed E-state index contributed by atoms with van der Waals surface area (Å²) in [4.78, 5) is 14.5. The van der Waals surface area contributed by atoms with Crippen LogP contribution in [0.25, 0.3) is 0 Å². The van der Waals surface area contributed by atoms with Gasteiger partial charge in [0.05, 0.1) is 6.61 Å². The van der Waals surface area contributed by atoms with Gasteiger partial charge in [-0.3, -0.25) is 9.69 Å². The molecule has 104 valence electrons. The molecule has 0 amide bonds. The number of likely N-dealkylation sites (N-methyl/N-ethyl adjacent to an activating group) is 1. The molecule has 0 N–H and O–H groups in total. The molecule has 1 saturated heterocycles. The second-order valence-electron chi connectivity index (χ2n) is 4.60. The van der Waals surface area contributed by atoms with Crippen molar-refractivity contribution in [3.63, 3.8) is 0 Å². The van der Waals surface area contributed by atoms with Crippen LogP contribution in [0.3, 0.4) is 0 Å². The quantitative estimate of drug-likeness (QED) is 0.856. The summed E-state index contributed by atoms with van der Waals surface area (Å²) < 4.78 is 5.55. The number of ether oxygens (including phenoxy) is 1. The molecule has 19 heavy (non-hydrogen) atoms. The van der Waals surface area contributed by atoms with Crippen LogP contribution in [0.5, 0.6) is 0 Å². The number of Topliss-reactive ketones (excluding diaryl/α,β-unsaturated/α-hetero) is 1. The van der Waals surface area contributed by atoms with E-state index in [-0.39, 0.29) is 18.3 Å². The topological polar surface area (TPSA) is 29.5 Å². The molecule has 0 bridgehead atoms. The zero-order valence-electron chi connectivity index (χ0n) is 10.9. The molecule has 3 nitrogen and oxygen atoms in total. The van der Waals surface area contributed by atoms with E-state index in [2.05, 4.69) is 11.8 Å². The molecule has 0 saturated carbocycles. The van der Waals surface area contributed by atoms with Crippen LogP contribution in [-0.4, -0.2) is 43.0 Å². The van der Waals surface area contributed by atoms with Crippen LogP contribution in [-0.2, 0) is 16.0 Å². The minimum Gasteiger partial charge on any atom is -0.368 e. The first kappa shape index (κ1) is 14.8. The predicted molar refractivity (Wildman–Crippen MR) is 77.0 cm³/mol. The van der Waals surface area contributed by atoms with Gasteiger partial charge in [-0.15, -0.1) is 0 Å². The van der Waals surface area contributed by atoms with E-state index in [1.807, 2.05) is 0 Å². The fraction of sp³-hybridized carbons (Fsp3) is 0.500. The van der Waals surface area contributed by atoms with Gasteiger partial charge in [-0.2, -0.15) is 0 Å². The zero-order chi connectivity index (χ0) is 13.8. The van der Waals surface area contributed by atoms with Crippen molar-refractivity contribution >= 4 is 29.0 Å². The highest BCUT2D eigenvalue weighted by Crippen LogP contribution is 2.25. The maximum atomic E-state index is 12.3. The van der Waals surface area contributed by atoms with Crippen LogP contribution in [0.1, 0.15) is 12.5 Å². The molecule has 0 radical (unpaired) electrons. The number of rotatable bonds is 4. The van der Waals surface area contributed by atoms with Crippen molar-refractivity contribution < 1.29 is 9.53 Å². The Morgan fingerprint density at radius 1 is 1.42 bits per heavy atom. The molecule has 1 aromatic carbocycles. The summed E-state index contributed by atoms with van der Waals surface area (Å²) in [6.45, 7) is 5.14. The number of benzene rings is 1. The van der Waals surface area contributed by atoms with Crippen molar-refractivity contribution in [3.8, 4) is 0 Å². The molecule has 5 heteroatoms. The molecular formula is C14H17Cl2NO2. The van der Waals surface area contributed by atoms with Gasteiger partial charge in [0.15, 0.2) is 5.78 Å². The van der Waals surface area contributed by atoms with Crippen molar-refractivity contribution in [2.75, 3.05) is 26.2 Å². The van der Waals surface area contributed by atoms with E-state index in [9.17, 15) is 4.79 Å². The van der Waals surface area contributed by atoms with Crippen molar-refractivity contribution in [1.29, 1.82) is 0 Å². The summed E-state index contributed by atoms with van der Waals surface area (Å²) in [5.41, 5.74) is 0.688. The molecule has 0 aromatic heterocycles. The molecule has 0 spiro atoms. The highest BCUT2D eigenvalue weighted by atomic mass is 35.5. The monoisotopic (exact) mass is 301 g/mol. The minimum absolute atomic E-state index is 0.0353. The van der Waals surface area contributed by atoms with E-state index in [0.717, 1.165) is 13.1 Å². The van der Waals surface area contributed by atoms with Crippen LogP contribution >= 0.6 is 23.2 Å². The lowest BCUT2D eigenvalue weighted by atomic mass is 10.0. The van der Waals surface area contributed by atoms with Crippen LogP contribution in [0.15, 0.2) is 18.2 Å². The third-order valence-corrected chi connectivity index (χ3v) is 4.08. The lowest BCUT2D eigenvalue weighted by Crippen LogP contribution is -2.46. The lowest BCUT2D eigenvalue weighted by Gasteiger charge is -2.31. The van der Waals surface area contributed by atoms with Crippen LogP contribution in [0, 0.1) is 0 Å². The second-order valence-corrected chi connectivity index (χ2v) is 5.41. The largest absolute Gasteiger partial charge is 0.368 e. The molecule has 0 aliphatic carbocycles. The molecule has 1 heterocycles. The van der Waals surface area contributed by atoms with Crippen molar-refractivity contribution in [1.82, 2.24) is 4.90 Å². The number of carbonyl (C=O) groups is 1. The van der Waals surface area contributed by atoms with Crippen molar-refractivity contribution in [2.24, 2.45) is 0 Å².